The molecule has 1 unspecified atom stereocenters. The minimum absolute atomic E-state index is 0.00824. The van der Waals surface area contributed by atoms with Gasteiger partial charge >= 0.3 is 0 Å². The van der Waals surface area contributed by atoms with Gasteiger partial charge in [-0.2, -0.15) is 0 Å². The summed E-state index contributed by atoms with van der Waals surface area (Å²) in [5, 5.41) is 2.81. The molecule has 3 aromatic carbocycles. The number of carbonyl (C=O) groups is 2. The van der Waals surface area contributed by atoms with Gasteiger partial charge in [0.15, 0.2) is 0 Å². The molecule has 0 aliphatic carbocycles. The lowest BCUT2D eigenvalue weighted by Crippen LogP contribution is -2.51. The Morgan fingerprint density at radius 2 is 1.65 bits per heavy atom. The van der Waals surface area contributed by atoms with E-state index < -0.39 is 34.3 Å². The normalized spacial score (nSPS) is 12.0. The molecule has 0 aliphatic heterocycles. The van der Waals surface area contributed by atoms with Crippen molar-refractivity contribution in [3.05, 3.63) is 95.8 Å². The number of benzene rings is 3. The van der Waals surface area contributed by atoms with Gasteiger partial charge in [-0.15, -0.1) is 0 Å². The Hall–Kier alpha value is -3.72. The topological polar surface area (TPSA) is 86.8 Å². The van der Waals surface area contributed by atoms with Crippen molar-refractivity contribution in [1.82, 2.24) is 10.2 Å². The predicted octanol–water partition coefficient (Wildman–Crippen LogP) is 4.27. The smallest absolute Gasteiger partial charge is 0.264 e. The second-order valence-corrected chi connectivity index (χ2v) is 10.6. The molecular weight excluding hydrogens is 493 g/mol. The van der Waals surface area contributed by atoms with Gasteiger partial charge in [-0.25, -0.2) is 12.8 Å². The Labute approximate surface area is 218 Å². The van der Waals surface area contributed by atoms with Crippen LogP contribution in [0.5, 0.6) is 0 Å². The van der Waals surface area contributed by atoms with Crippen LogP contribution in [0, 0.1) is 12.7 Å². The zero-order valence-corrected chi connectivity index (χ0v) is 22.0. The molecule has 0 bridgehead atoms. The SMILES string of the molecule is CCCNC(=O)C(C)N(Cc1cccc(C)c1)C(=O)CN(c1ccc(F)cc1)S(=O)(=O)c1ccccc1. The maximum absolute atomic E-state index is 13.7. The van der Waals surface area contributed by atoms with E-state index >= 15 is 0 Å². The molecule has 3 aromatic rings. The summed E-state index contributed by atoms with van der Waals surface area (Å²) in [4.78, 5) is 27.9. The minimum atomic E-state index is -4.17. The second kappa shape index (κ2) is 12.5. The lowest BCUT2D eigenvalue weighted by Gasteiger charge is -2.32. The Kier molecular flexibility index (Phi) is 9.41. The molecule has 37 heavy (non-hydrogen) atoms. The molecule has 196 valence electrons. The Bertz CT molecular complexity index is 1310. The van der Waals surface area contributed by atoms with Crippen LogP contribution in [0.25, 0.3) is 0 Å². The monoisotopic (exact) mass is 525 g/mol. The van der Waals surface area contributed by atoms with Crippen LogP contribution in [0.15, 0.2) is 83.8 Å². The molecule has 7 nitrogen and oxygen atoms in total. The first-order valence-corrected chi connectivity index (χ1v) is 13.5. The summed E-state index contributed by atoms with van der Waals surface area (Å²) in [5.41, 5.74) is 1.94. The zero-order valence-electron chi connectivity index (χ0n) is 21.2. The highest BCUT2D eigenvalue weighted by Crippen LogP contribution is 2.25. The van der Waals surface area contributed by atoms with Crippen molar-refractivity contribution in [2.75, 3.05) is 17.4 Å². The van der Waals surface area contributed by atoms with Gasteiger partial charge in [-0.05, 0) is 62.2 Å². The highest BCUT2D eigenvalue weighted by atomic mass is 32.2. The van der Waals surface area contributed by atoms with Crippen LogP contribution in [-0.4, -0.2) is 44.3 Å². The predicted molar refractivity (Wildman–Crippen MR) is 142 cm³/mol. The molecule has 0 spiro atoms. The molecule has 2 amide bonds. The number of nitrogens with zero attached hydrogens (tertiary/aromatic N) is 2. The van der Waals surface area contributed by atoms with Crippen LogP contribution in [0.4, 0.5) is 10.1 Å². The van der Waals surface area contributed by atoms with Crippen molar-refractivity contribution >= 4 is 27.5 Å². The number of halogens is 1. The Morgan fingerprint density at radius 1 is 0.973 bits per heavy atom. The lowest BCUT2D eigenvalue weighted by atomic mass is 10.1. The Balaban J connectivity index is 2.00. The first-order chi connectivity index (χ1) is 17.6. The summed E-state index contributed by atoms with van der Waals surface area (Å²) >= 11 is 0. The molecule has 0 saturated heterocycles. The average Bonchev–Trinajstić information content (AvgIpc) is 2.89. The first-order valence-electron chi connectivity index (χ1n) is 12.1. The maximum atomic E-state index is 13.7. The summed E-state index contributed by atoms with van der Waals surface area (Å²) in [6, 6.07) is 19.3. The fourth-order valence-corrected chi connectivity index (χ4v) is 5.28. The summed E-state index contributed by atoms with van der Waals surface area (Å²) < 4.78 is 41.8. The molecule has 0 fully saturated rings. The Morgan fingerprint density at radius 3 is 2.27 bits per heavy atom. The zero-order chi connectivity index (χ0) is 27.0. The van der Waals surface area contributed by atoms with Gasteiger partial charge in [0, 0.05) is 13.1 Å². The van der Waals surface area contributed by atoms with Gasteiger partial charge in [-0.3, -0.25) is 13.9 Å². The third kappa shape index (κ3) is 7.16. The molecule has 9 heteroatoms. The molecule has 1 N–H and O–H groups in total. The number of nitrogens with one attached hydrogen (secondary N) is 1. The largest absolute Gasteiger partial charge is 0.354 e. The average molecular weight is 526 g/mol. The molecule has 0 radical (unpaired) electrons. The number of hydrogen-bond acceptors (Lipinski definition) is 4. The lowest BCUT2D eigenvalue weighted by molar-refractivity contribution is -0.139. The summed E-state index contributed by atoms with van der Waals surface area (Å²) in [6.45, 7) is 5.47. The molecule has 0 saturated carbocycles. The molecular formula is C28H32FN3O4S. The second-order valence-electron chi connectivity index (χ2n) is 8.78. The number of aryl methyl sites for hydroxylation is 1. The van der Waals surface area contributed by atoms with E-state index in [9.17, 15) is 22.4 Å². The highest BCUT2D eigenvalue weighted by molar-refractivity contribution is 7.92. The maximum Gasteiger partial charge on any atom is 0.264 e. The van der Waals surface area contributed by atoms with Gasteiger partial charge in [0.05, 0.1) is 10.6 Å². The van der Waals surface area contributed by atoms with E-state index in [1.54, 1.807) is 25.1 Å². The van der Waals surface area contributed by atoms with Crippen molar-refractivity contribution in [3.63, 3.8) is 0 Å². The number of amides is 2. The minimum Gasteiger partial charge on any atom is -0.354 e. The van der Waals surface area contributed by atoms with Crippen LogP contribution in [-0.2, 0) is 26.2 Å². The highest BCUT2D eigenvalue weighted by Gasteiger charge is 2.32. The van der Waals surface area contributed by atoms with E-state index in [4.69, 9.17) is 0 Å². The summed E-state index contributed by atoms with van der Waals surface area (Å²) in [6.07, 6.45) is 0.734. The molecule has 3 rings (SSSR count). The van der Waals surface area contributed by atoms with Crippen LogP contribution >= 0.6 is 0 Å². The van der Waals surface area contributed by atoms with Gasteiger partial charge in [0.2, 0.25) is 11.8 Å². The fourth-order valence-electron chi connectivity index (χ4n) is 3.84. The van der Waals surface area contributed by atoms with Crippen molar-refractivity contribution in [1.29, 1.82) is 0 Å². The van der Waals surface area contributed by atoms with Crippen LogP contribution in [0.1, 0.15) is 31.4 Å². The van der Waals surface area contributed by atoms with E-state index in [2.05, 4.69) is 5.32 Å². The van der Waals surface area contributed by atoms with Crippen molar-refractivity contribution in [3.8, 4) is 0 Å². The van der Waals surface area contributed by atoms with Gasteiger partial charge in [0.25, 0.3) is 10.0 Å². The van der Waals surface area contributed by atoms with Crippen LogP contribution in [0.3, 0.4) is 0 Å². The number of carbonyl (C=O) groups excluding carboxylic acids is 2. The third-order valence-corrected chi connectivity index (χ3v) is 7.66. The van der Waals surface area contributed by atoms with E-state index in [0.29, 0.717) is 6.54 Å². The molecule has 1 atom stereocenters. The molecule has 0 heterocycles. The quantitative estimate of drug-likeness (QED) is 0.405. The third-order valence-electron chi connectivity index (χ3n) is 5.88. The van der Waals surface area contributed by atoms with E-state index in [1.165, 1.54) is 29.2 Å². The van der Waals surface area contributed by atoms with Crippen molar-refractivity contribution in [2.45, 2.75) is 44.7 Å². The fraction of sp³-hybridized carbons (Fsp3) is 0.286. The summed E-state index contributed by atoms with van der Waals surface area (Å²) in [7, 11) is -4.17. The van der Waals surface area contributed by atoms with Gasteiger partial charge in [-0.1, -0.05) is 55.0 Å². The van der Waals surface area contributed by atoms with E-state index in [-0.39, 0.29) is 23.0 Å². The molecule has 0 aromatic heterocycles. The summed E-state index contributed by atoms with van der Waals surface area (Å²) in [5.74, 6) is -1.43. The van der Waals surface area contributed by atoms with Crippen molar-refractivity contribution < 1.29 is 22.4 Å². The number of anilines is 1. The first kappa shape index (κ1) is 27.9. The van der Waals surface area contributed by atoms with E-state index in [1.807, 2.05) is 38.1 Å². The molecule has 0 aliphatic rings. The van der Waals surface area contributed by atoms with Crippen LogP contribution < -0.4 is 9.62 Å². The van der Waals surface area contributed by atoms with Crippen LogP contribution in [0.2, 0.25) is 0 Å². The van der Waals surface area contributed by atoms with E-state index in [0.717, 1.165) is 34.0 Å². The number of sulfonamides is 1. The van der Waals surface area contributed by atoms with Gasteiger partial charge in [0.1, 0.15) is 18.4 Å². The standard InChI is InChI=1S/C28H32FN3O4S/c1-4-17-30-28(34)22(3)31(19-23-10-8-9-21(2)18-23)27(33)20-32(25-15-13-24(29)14-16-25)37(35,36)26-11-6-5-7-12-26/h5-16,18,22H,4,17,19-20H2,1-3H3,(H,30,34). The van der Waals surface area contributed by atoms with Crippen molar-refractivity contribution in [2.24, 2.45) is 0 Å². The number of rotatable bonds is 11. The number of hydrogen-bond donors (Lipinski definition) is 1. The van der Waals surface area contributed by atoms with Gasteiger partial charge < -0.3 is 10.2 Å².